The van der Waals surface area contributed by atoms with Gasteiger partial charge in [0, 0.05) is 6.21 Å². The minimum absolute atomic E-state index is 0.511. The third-order valence-electron chi connectivity index (χ3n) is 0.624. The lowest BCUT2D eigenvalue weighted by Gasteiger charge is -1.97. The average molecular weight is 98.1 g/mol. The standard InChI is InChI=1S/C4H6N2O/c1-4-5-2-3-7-6-4/h2H,3H2,1H3. The third-order valence-corrected chi connectivity index (χ3v) is 0.624. The van der Waals surface area contributed by atoms with Crippen LogP contribution in [0.1, 0.15) is 6.92 Å². The topological polar surface area (TPSA) is 34.0 Å². The minimum atomic E-state index is 0.511. The highest BCUT2D eigenvalue weighted by Gasteiger charge is 1.89. The normalized spacial score (nSPS) is 18.1. The van der Waals surface area contributed by atoms with Crippen molar-refractivity contribution in [2.24, 2.45) is 10.1 Å². The molecule has 0 bridgehead atoms. The number of aliphatic imine (C=N–C) groups is 1. The van der Waals surface area contributed by atoms with Gasteiger partial charge in [0.1, 0.15) is 0 Å². The van der Waals surface area contributed by atoms with Gasteiger partial charge in [0.15, 0.2) is 12.4 Å². The molecule has 0 aromatic heterocycles. The minimum Gasteiger partial charge on any atom is -0.388 e. The van der Waals surface area contributed by atoms with E-state index in [-0.39, 0.29) is 0 Å². The van der Waals surface area contributed by atoms with Crippen molar-refractivity contribution in [1.82, 2.24) is 0 Å². The smallest absolute Gasteiger partial charge is 0.164 e. The molecular weight excluding hydrogens is 92.1 g/mol. The van der Waals surface area contributed by atoms with Gasteiger partial charge in [0.25, 0.3) is 0 Å². The van der Waals surface area contributed by atoms with E-state index in [4.69, 9.17) is 0 Å². The molecule has 0 aromatic rings. The fourth-order valence-corrected chi connectivity index (χ4v) is 0.357. The number of hydrogen-bond acceptors (Lipinski definition) is 3. The average Bonchev–Trinajstić information content (AvgIpc) is 1.69. The number of nitrogens with zero attached hydrogens (tertiary/aromatic N) is 2. The molecule has 7 heavy (non-hydrogen) atoms. The molecule has 0 N–H and O–H groups in total. The van der Waals surface area contributed by atoms with Gasteiger partial charge in [0.05, 0.1) is 0 Å². The molecule has 0 fully saturated rings. The predicted molar refractivity (Wildman–Crippen MR) is 27.6 cm³/mol. The van der Waals surface area contributed by atoms with Crippen LogP contribution < -0.4 is 0 Å². The quantitative estimate of drug-likeness (QED) is 0.432. The van der Waals surface area contributed by atoms with E-state index in [1.807, 2.05) is 0 Å². The molecule has 0 aromatic carbocycles. The zero-order valence-corrected chi connectivity index (χ0v) is 4.09. The second-order valence-electron chi connectivity index (χ2n) is 1.25. The molecule has 1 aliphatic rings. The van der Waals surface area contributed by atoms with Crippen molar-refractivity contribution >= 4 is 12.1 Å². The van der Waals surface area contributed by atoms with Gasteiger partial charge >= 0.3 is 0 Å². The maximum Gasteiger partial charge on any atom is 0.164 e. The van der Waals surface area contributed by atoms with Gasteiger partial charge in [-0.2, -0.15) is 0 Å². The summed E-state index contributed by atoms with van der Waals surface area (Å²) < 4.78 is 0. The van der Waals surface area contributed by atoms with Gasteiger partial charge < -0.3 is 4.84 Å². The fraction of sp³-hybridized carbons (Fsp3) is 0.500. The Labute approximate surface area is 41.7 Å². The van der Waals surface area contributed by atoms with Crippen molar-refractivity contribution in [3.05, 3.63) is 0 Å². The molecule has 0 aliphatic carbocycles. The molecule has 1 heterocycles. The number of oxime groups is 1. The monoisotopic (exact) mass is 98.0 g/mol. The number of rotatable bonds is 0. The van der Waals surface area contributed by atoms with Crippen LogP contribution in [0.3, 0.4) is 0 Å². The van der Waals surface area contributed by atoms with Crippen molar-refractivity contribution in [3.63, 3.8) is 0 Å². The maximum absolute atomic E-state index is 4.62. The Bertz CT molecular complexity index is 117. The Morgan fingerprint density at radius 1 is 1.86 bits per heavy atom. The summed E-state index contributed by atoms with van der Waals surface area (Å²) in [5, 5.41) is 3.55. The molecule has 0 amide bonds. The van der Waals surface area contributed by atoms with Gasteiger partial charge in [-0.3, -0.25) is 0 Å². The lowest BCUT2D eigenvalue weighted by molar-refractivity contribution is 0.183. The molecule has 0 saturated heterocycles. The highest BCUT2D eigenvalue weighted by atomic mass is 16.6. The fourth-order valence-electron chi connectivity index (χ4n) is 0.357. The van der Waals surface area contributed by atoms with Crippen molar-refractivity contribution < 1.29 is 4.84 Å². The van der Waals surface area contributed by atoms with Gasteiger partial charge in [-0.05, 0) is 6.92 Å². The summed E-state index contributed by atoms with van der Waals surface area (Å²) in [6.45, 7) is 2.30. The van der Waals surface area contributed by atoms with Crippen molar-refractivity contribution in [3.8, 4) is 0 Å². The molecule has 0 atom stereocenters. The van der Waals surface area contributed by atoms with Crippen molar-refractivity contribution in [2.75, 3.05) is 6.61 Å². The first-order valence-electron chi connectivity index (χ1n) is 2.08. The first kappa shape index (κ1) is 4.30. The molecular formula is C4H6N2O. The summed E-state index contributed by atoms with van der Waals surface area (Å²) >= 11 is 0. The van der Waals surface area contributed by atoms with Crippen LogP contribution in [0.5, 0.6) is 0 Å². The zero-order chi connectivity index (χ0) is 5.11. The SMILES string of the molecule is CC1=NOCC=N1. The van der Waals surface area contributed by atoms with Crippen LogP contribution in [0, 0.1) is 0 Å². The highest BCUT2D eigenvalue weighted by Crippen LogP contribution is 1.85. The molecule has 0 radical (unpaired) electrons. The first-order chi connectivity index (χ1) is 3.39. The summed E-state index contributed by atoms with van der Waals surface area (Å²) in [6.07, 6.45) is 1.68. The summed E-state index contributed by atoms with van der Waals surface area (Å²) in [6, 6.07) is 0. The molecule has 3 heteroatoms. The van der Waals surface area contributed by atoms with Gasteiger partial charge in [-0.25, -0.2) is 4.99 Å². The molecule has 38 valence electrons. The van der Waals surface area contributed by atoms with E-state index in [2.05, 4.69) is 15.0 Å². The molecule has 0 spiro atoms. The Morgan fingerprint density at radius 2 is 2.71 bits per heavy atom. The lowest BCUT2D eigenvalue weighted by atomic mass is 10.6. The Kier molecular flexibility index (Phi) is 1.06. The van der Waals surface area contributed by atoms with E-state index in [0.717, 1.165) is 0 Å². The molecule has 0 saturated carbocycles. The van der Waals surface area contributed by atoms with Gasteiger partial charge in [-0.15, -0.1) is 0 Å². The van der Waals surface area contributed by atoms with Gasteiger partial charge in [0.2, 0.25) is 0 Å². The lowest BCUT2D eigenvalue weighted by Crippen LogP contribution is -2.00. The van der Waals surface area contributed by atoms with Crippen molar-refractivity contribution in [2.45, 2.75) is 6.92 Å². The molecule has 0 unspecified atom stereocenters. The number of amidine groups is 1. The van der Waals surface area contributed by atoms with Crippen LogP contribution in [-0.4, -0.2) is 18.7 Å². The highest BCUT2D eigenvalue weighted by molar-refractivity contribution is 5.88. The van der Waals surface area contributed by atoms with Crippen LogP contribution in [-0.2, 0) is 4.84 Å². The Balaban J connectivity index is 2.58. The van der Waals surface area contributed by atoms with E-state index >= 15 is 0 Å². The first-order valence-corrected chi connectivity index (χ1v) is 2.08. The Hall–Kier alpha value is -0.860. The second-order valence-corrected chi connectivity index (χ2v) is 1.25. The van der Waals surface area contributed by atoms with Crippen molar-refractivity contribution in [1.29, 1.82) is 0 Å². The zero-order valence-electron chi connectivity index (χ0n) is 4.09. The van der Waals surface area contributed by atoms with E-state index in [0.29, 0.717) is 12.4 Å². The summed E-state index contributed by atoms with van der Waals surface area (Å²) in [5.74, 6) is 0.686. The van der Waals surface area contributed by atoms with Crippen LogP contribution in [0.25, 0.3) is 0 Å². The largest absolute Gasteiger partial charge is 0.388 e. The molecule has 3 nitrogen and oxygen atoms in total. The summed E-state index contributed by atoms with van der Waals surface area (Å²) in [4.78, 5) is 8.45. The van der Waals surface area contributed by atoms with Gasteiger partial charge in [-0.1, -0.05) is 5.16 Å². The van der Waals surface area contributed by atoms with E-state index in [1.165, 1.54) is 0 Å². The van der Waals surface area contributed by atoms with E-state index in [9.17, 15) is 0 Å². The third kappa shape index (κ3) is 0.994. The summed E-state index contributed by atoms with van der Waals surface area (Å²) in [5.41, 5.74) is 0. The predicted octanol–water partition coefficient (Wildman–Crippen LogP) is 0.421. The van der Waals surface area contributed by atoms with E-state index in [1.54, 1.807) is 13.1 Å². The molecule has 1 rings (SSSR count). The van der Waals surface area contributed by atoms with E-state index < -0.39 is 0 Å². The number of hydrogen-bond donors (Lipinski definition) is 0. The van der Waals surface area contributed by atoms with Crippen LogP contribution >= 0.6 is 0 Å². The summed E-state index contributed by atoms with van der Waals surface area (Å²) in [7, 11) is 0. The van der Waals surface area contributed by atoms with Crippen LogP contribution in [0.2, 0.25) is 0 Å². The maximum atomic E-state index is 4.62. The second kappa shape index (κ2) is 1.73. The van der Waals surface area contributed by atoms with Crippen LogP contribution in [0.4, 0.5) is 0 Å². The van der Waals surface area contributed by atoms with Crippen LogP contribution in [0.15, 0.2) is 10.1 Å². The Morgan fingerprint density at radius 3 is 3.00 bits per heavy atom. The molecule has 1 aliphatic heterocycles.